The largest absolute Gasteiger partial charge is 0.394 e. The molecule has 1 amide bonds. The molecule has 38 heavy (non-hydrogen) atoms. The highest BCUT2D eigenvalue weighted by atomic mass is 35.5. The Balaban J connectivity index is 1.47. The molecule has 0 aliphatic carbocycles. The monoisotopic (exact) mass is 564 g/mol. The van der Waals surface area contributed by atoms with Gasteiger partial charge in [-0.1, -0.05) is 16.2 Å². The predicted octanol–water partition coefficient (Wildman–Crippen LogP) is 5.66. The number of ether oxygens (including phenoxy) is 1. The molecule has 2 aromatic carbocycles. The highest BCUT2D eigenvalue weighted by molar-refractivity contribution is 7.44. The number of rotatable bonds is 13. The summed E-state index contributed by atoms with van der Waals surface area (Å²) in [5, 5.41) is 28.9. The summed E-state index contributed by atoms with van der Waals surface area (Å²) in [6.07, 6.45) is 2.08. The van der Waals surface area contributed by atoms with E-state index in [1.54, 1.807) is 17.0 Å². The van der Waals surface area contributed by atoms with E-state index in [1.807, 2.05) is 31.0 Å². The maximum absolute atomic E-state index is 12.8. The topological polar surface area (TPSA) is 138 Å². The van der Waals surface area contributed by atoms with Gasteiger partial charge in [-0.15, -0.1) is 5.11 Å². The zero-order valence-corrected chi connectivity index (χ0v) is 23.1. The number of likely N-dealkylation sites (tertiary alicyclic amines) is 1. The van der Waals surface area contributed by atoms with Crippen molar-refractivity contribution in [3.05, 3.63) is 57.6 Å². The molecule has 1 aliphatic rings. The second-order valence-electron chi connectivity index (χ2n) is 8.97. The fraction of sp³-hybridized carbons (Fsp3) is 0.480. The molecule has 3 atom stereocenters. The second kappa shape index (κ2) is 14.2. The van der Waals surface area contributed by atoms with Crippen LogP contribution in [-0.2, 0) is 14.1 Å². The van der Waals surface area contributed by atoms with Gasteiger partial charge in [0.2, 0.25) is 12.3 Å². The van der Waals surface area contributed by atoms with E-state index in [4.69, 9.17) is 16.3 Å². The molecule has 2 aromatic rings. The van der Waals surface area contributed by atoms with Gasteiger partial charge in [0.05, 0.1) is 34.4 Å². The number of nitro benzene ring substituents is 1. The van der Waals surface area contributed by atoms with Gasteiger partial charge in [-0.05, 0) is 50.1 Å². The lowest BCUT2D eigenvalue weighted by Crippen LogP contribution is -2.38. The van der Waals surface area contributed by atoms with Crippen molar-refractivity contribution in [3.63, 3.8) is 0 Å². The second-order valence-corrected chi connectivity index (χ2v) is 11.2. The van der Waals surface area contributed by atoms with Crippen molar-refractivity contribution in [1.82, 2.24) is 4.90 Å². The molecule has 1 saturated heterocycles. The first kappa shape index (κ1) is 29.6. The number of non-ortho nitro benzene ring substituents is 1. The van der Waals surface area contributed by atoms with Crippen molar-refractivity contribution in [1.29, 1.82) is 0 Å². The minimum atomic E-state index is -1.38. The van der Waals surface area contributed by atoms with E-state index in [2.05, 4.69) is 10.2 Å². The third-order valence-corrected chi connectivity index (χ3v) is 7.75. The number of aliphatic hydroxyl groups is 1. The molecule has 3 rings (SSSR count). The lowest BCUT2D eigenvalue weighted by Gasteiger charge is -2.24. The Bertz CT molecular complexity index is 1170. The number of amides is 1. The van der Waals surface area contributed by atoms with Crippen molar-refractivity contribution in [3.8, 4) is 0 Å². The number of benzene rings is 2. The SMILES string of the molecule is CC[P+](=O)COC1CC(CO)N(C(=O)CCCN(C)c2ccc(N=Nc3ccc([N+](=O)[O-])cc3Cl)cc2)C1. The van der Waals surface area contributed by atoms with Crippen LogP contribution in [0.1, 0.15) is 26.2 Å². The maximum Gasteiger partial charge on any atom is 0.366 e. The van der Waals surface area contributed by atoms with Gasteiger partial charge >= 0.3 is 7.80 Å². The molecular weight excluding hydrogens is 533 g/mol. The van der Waals surface area contributed by atoms with Crippen LogP contribution in [0.2, 0.25) is 5.02 Å². The Morgan fingerprint density at radius 3 is 2.66 bits per heavy atom. The van der Waals surface area contributed by atoms with Gasteiger partial charge in [0.25, 0.3) is 5.69 Å². The van der Waals surface area contributed by atoms with Gasteiger partial charge in [-0.3, -0.25) is 14.9 Å². The lowest BCUT2D eigenvalue weighted by atomic mass is 10.2. The van der Waals surface area contributed by atoms with E-state index >= 15 is 0 Å². The van der Waals surface area contributed by atoms with Crippen LogP contribution in [0.4, 0.5) is 22.7 Å². The van der Waals surface area contributed by atoms with Gasteiger partial charge in [-0.25, -0.2) is 0 Å². The lowest BCUT2D eigenvalue weighted by molar-refractivity contribution is -0.384. The Labute approximate surface area is 227 Å². The van der Waals surface area contributed by atoms with Crippen LogP contribution in [0.3, 0.4) is 0 Å². The molecule has 204 valence electrons. The molecule has 1 aliphatic heterocycles. The number of aliphatic hydroxyl groups excluding tert-OH is 1. The van der Waals surface area contributed by atoms with Crippen molar-refractivity contribution in [2.75, 3.05) is 44.2 Å². The number of halogens is 1. The van der Waals surface area contributed by atoms with Crippen LogP contribution in [0.25, 0.3) is 0 Å². The molecule has 0 bridgehead atoms. The highest BCUT2D eigenvalue weighted by Gasteiger charge is 2.36. The number of azo groups is 1. The smallest absolute Gasteiger partial charge is 0.366 e. The van der Waals surface area contributed by atoms with Crippen molar-refractivity contribution in [2.24, 2.45) is 10.2 Å². The molecule has 0 spiro atoms. The van der Waals surface area contributed by atoms with Crippen molar-refractivity contribution < 1.29 is 24.1 Å². The molecule has 1 fully saturated rings. The van der Waals surface area contributed by atoms with Crippen LogP contribution >= 0.6 is 19.4 Å². The van der Waals surface area contributed by atoms with Crippen LogP contribution in [0.5, 0.6) is 0 Å². The average molecular weight is 565 g/mol. The molecule has 3 unspecified atom stereocenters. The quantitative estimate of drug-likeness (QED) is 0.143. The number of carbonyl (C=O) groups excluding carboxylic acids is 1. The van der Waals surface area contributed by atoms with E-state index in [0.717, 1.165) is 5.69 Å². The zero-order chi connectivity index (χ0) is 27.7. The van der Waals surface area contributed by atoms with E-state index in [1.165, 1.54) is 18.2 Å². The van der Waals surface area contributed by atoms with Crippen LogP contribution in [0.15, 0.2) is 52.7 Å². The number of hydrogen-bond acceptors (Lipinski definition) is 9. The molecule has 1 N–H and O–H groups in total. The van der Waals surface area contributed by atoms with Gasteiger partial charge < -0.3 is 19.6 Å². The standard InChI is InChI=1S/C25H32ClN5O6P/c1-3-38(36)17-37-22-13-21(16-32)30(15-22)25(33)5-4-12-29(2)19-8-6-18(7-9-19)27-28-24-11-10-20(31(34)35)14-23(24)26/h6-11,14,21-22,32H,3-5,12-13,15-17H2,1-2H3/q+1. The minimum Gasteiger partial charge on any atom is -0.394 e. The van der Waals surface area contributed by atoms with E-state index in [0.29, 0.717) is 49.9 Å². The van der Waals surface area contributed by atoms with Crippen molar-refractivity contribution >= 4 is 48.1 Å². The number of nitrogens with zero attached hydrogens (tertiary/aromatic N) is 5. The third-order valence-electron chi connectivity index (χ3n) is 6.30. The Kier molecular flexibility index (Phi) is 11.1. The summed E-state index contributed by atoms with van der Waals surface area (Å²) in [7, 11) is 0.551. The fourth-order valence-electron chi connectivity index (χ4n) is 4.07. The maximum atomic E-state index is 12.8. The van der Waals surface area contributed by atoms with Crippen LogP contribution in [-0.4, -0.2) is 72.2 Å². The molecule has 0 aromatic heterocycles. The Morgan fingerprint density at radius 2 is 2.03 bits per heavy atom. The Morgan fingerprint density at radius 1 is 1.29 bits per heavy atom. The van der Waals surface area contributed by atoms with Crippen LogP contribution in [0, 0.1) is 10.1 Å². The summed E-state index contributed by atoms with van der Waals surface area (Å²) >= 11 is 6.05. The summed E-state index contributed by atoms with van der Waals surface area (Å²) in [6, 6.07) is 11.1. The summed E-state index contributed by atoms with van der Waals surface area (Å²) in [6.45, 7) is 2.79. The number of anilines is 1. The molecule has 13 heteroatoms. The summed E-state index contributed by atoms with van der Waals surface area (Å²) < 4.78 is 17.4. The fourth-order valence-corrected chi connectivity index (χ4v) is 4.84. The molecule has 0 saturated carbocycles. The summed E-state index contributed by atoms with van der Waals surface area (Å²) in [5.74, 6) is -0.0240. The number of carbonyl (C=O) groups is 1. The minimum absolute atomic E-state index is 0.0240. The predicted molar refractivity (Wildman–Crippen MR) is 146 cm³/mol. The molecule has 0 radical (unpaired) electrons. The van der Waals surface area contributed by atoms with Gasteiger partial charge in [-0.2, -0.15) is 5.11 Å². The number of nitro groups is 1. The van der Waals surface area contributed by atoms with E-state index in [9.17, 15) is 24.6 Å². The Hall–Kier alpha value is -2.98. The molecule has 11 nitrogen and oxygen atoms in total. The van der Waals surface area contributed by atoms with E-state index in [-0.39, 0.29) is 41.7 Å². The summed E-state index contributed by atoms with van der Waals surface area (Å²) in [4.78, 5) is 26.8. The van der Waals surface area contributed by atoms with Gasteiger partial charge in [0.15, 0.2) is 0 Å². The van der Waals surface area contributed by atoms with Crippen molar-refractivity contribution in [2.45, 2.75) is 38.3 Å². The highest BCUT2D eigenvalue weighted by Crippen LogP contribution is 2.31. The first-order valence-electron chi connectivity index (χ1n) is 12.3. The average Bonchev–Trinajstić information content (AvgIpc) is 3.34. The molecule has 1 heterocycles. The normalized spacial score (nSPS) is 17.7. The first-order valence-corrected chi connectivity index (χ1v) is 14.3. The third kappa shape index (κ3) is 8.26. The summed E-state index contributed by atoms with van der Waals surface area (Å²) in [5.41, 5.74) is 1.75. The first-order chi connectivity index (χ1) is 18.2. The van der Waals surface area contributed by atoms with Gasteiger partial charge in [0.1, 0.15) is 11.8 Å². The van der Waals surface area contributed by atoms with E-state index < -0.39 is 12.7 Å². The zero-order valence-electron chi connectivity index (χ0n) is 21.4. The van der Waals surface area contributed by atoms with Crippen LogP contribution < -0.4 is 4.90 Å². The number of hydrogen-bond donors (Lipinski definition) is 1. The van der Waals surface area contributed by atoms with Gasteiger partial charge in [0, 0.05) is 44.4 Å². The molecular formula is C25H32ClN5O6P+.